The predicted molar refractivity (Wildman–Crippen MR) is 177 cm³/mol. The topological polar surface area (TPSA) is 20.2 Å². The van der Waals surface area contributed by atoms with E-state index in [9.17, 15) is 0 Å². The largest absolute Gasteiger partial charge is 0.307 e. The van der Waals surface area contributed by atoms with E-state index in [2.05, 4.69) is 105 Å². The first-order valence-electron chi connectivity index (χ1n) is 17.7. The van der Waals surface area contributed by atoms with E-state index in [1.54, 1.807) is 0 Å². The van der Waals surface area contributed by atoms with Gasteiger partial charge in [-0.3, -0.25) is 9.58 Å². The molecule has 0 amide bonds. The number of para-hydroxylation sites is 2. The molecule has 6 aliphatic rings. The molecule has 3 atom stereocenters. The van der Waals surface area contributed by atoms with Crippen LogP contribution in [0.1, 0.15) is 99.3 Å². The lowest BCUT2D eigenvalue weighted by molar-refractivity contribution is -0.130. The Morgan fingerprint density at radius 3 is 1.71 bits per heavy atom. The second kappa shape index (κ2) is 9.75. The molecule has 5 saturated carbocycles. The predicted octanol–water partition coefficient (Wildman–Crippen LogP) is 9.69. The highest BCUT2D eigenvalue weighted by Gasteiger charge is 2.69. The zero-order chi connectivity index (χ0) is 29.0. The lowest BCUT2D eigenvalue weighted by atomic mass is 9.44. The molecule has 6 fully saturated rings. The summed E-state index contributed by atoms with van der Waals surface area (Å²) in [6.45, 7) is 15.4. The molecular formula is C39H55N3. The van der Waals surface area contributed by atoms with Crippen LogP contribution < -0.4 is 5.43 Å². The fraction of sp³-hybridized carbons (Fsp3) is 0.692. The fourth-order valence-corrected chi connectivity index (χ4v) is 12.4. The summed E-state index contributed by atoms with van der Waals surface area (Å²) in [5.41, 5.74) is 7.70. The molecule has 9 rings (SSSR count). The summed E-state index contributed by atoms with van der Waals surface area (Å²) in [4.78, 5) is 3.17. The average Bonchev–Trinajstić information content (AvgIpc) is 3.40. The molecule has 3 aromatic rings. The van der Waals surface area contributed by atoms with Crippen LogP contribution in [0.2, 0.25) is 0 Å². The molecule has 3 nitrogen and oxygen atoms in total. The first kappa shape index (κ1) is 27.5. The third-order valence-electron chi connectivity index (χ3n) is 13.7. The van der Waals surface area contributed by atoms with E-state index in [-0.39, 0.29) is 5.54 Å². The van der Waals surface area contributed by atoms with E-state index >= 15 is 0 Å². The quantitative estimate of drug-likeness (QED) is 0.332. The molecule has 2 heterocycles. The van der Waals surface area contributed by atoms with Crippen LogP contribution in [-0.2, 0) is 0 Å². The molecule has 2 aromatic carbocycles. The van der Waals surface area contributed by atoms with Crippen molar-refractivity contribution in [2.75, 3.05) is 5.43 Å². The molecule has 4 bridgehead atoms. The van der Waals surface area contributed by atoms with Crippen LogP contribution in [0.25, 0.3) is 21.8 Å². The monoisotopic (exact) mass is 565 g/mol. The number of nitrogens with zero attached hydrogens (tertiary/aromatic N) is 2. The number of rotatable bonds is 5. The summed E-state index contributed by atoms with van der Waals surface area (Å²) < 4.78 is 2.55. The minimum Gasteiger partial charge on any atom is -0.307 e. The summed E-state index contributed by atoms with van der Waals surface area (Å²) in [6.07, 6.45) is 13.4. The molecule has 42 heavy (non-hydrogen) atoms. The molecule has 1 N–H and O–H groups in total. The second-order valence-electron chi connectivity index (χ2n) is 17.0. The zero-order valence-electron chi connectivity index (χ0n) is 27.2. The Balaban J connectivity index is 1.34. The van der Waals surface area contributed by atoms with Gasteiger partial charge in [-0.15, -0.1) is 0 Å². The smallest absolute Gasteiger partial charge is 0.101 e. The zero-order valence-corrected chi connectivity index (χ0v) is 27.2. The van der Waals surface area contributed by atoms with Gasteiger partial charge in [0.25, 0.3) is 0 Å². The molecular weight excluding hydrogens is 510 g/mol. The molecule has 1 saturated heterocycles. The highest BCUT2D eigenvalue weighted by Crippen LogP contribution is 2.70. The van der Waals surface area contributed by atoms with Gasteiger partial charge in [0.05, 0.1) is 11.0 Å². The van der Waals surface area contributed by atoms with Crippen molar-refractivity contribution in [3.8, 4) is 0 Å². The van der Waals surface area contributed by atoms with Crippen LogP contribution in [0, 0.1) is 52.8 Å². The Labute approximate surface area is 254 Å². The van der Waals surface area contributed by atoms with Gasteiger partial charge in [-0.1, -0.05) is 70.5 Å². The summed E-state index contributed by atoms with van der Waals surface area (Å²) in [6, 6.07) is 18.9. The van der Waals surface area contributed by atoms with E-state index in [4.69, 9.17) is 0 Å². The van der Waals surface area contributed by atoms with E-state index in [0.29, 0.717) is 17.6 Å². The molecule has 3 unspecified atom stereocenters. The number of hydrogen-bond donors (Lipinski definition) is 1. The van der Waals surface area contributed by atoms with Gasteiger partial charge in [-0.2, -0.15) is 0 Å². The van der Waals surface area contributed by atoms with E-state index in [1.165, 1.54) is 79.6 Å². The van der Waals surface area contributed by atoms with Gasteiger partial charge in [0.2, 0.25) is 0 Å². The first-order valence-corrected chi connectivity index (χ1v) is 17.7. The van der Waals surface area contributed by atoms with Crippen molar-refractivity contribution in [1.29, 1.82) is 0 Å². The van der Waals surface area contributed by atoms with Gasteiger partial charge >= 0.3 is 0 Å². The van der Waals surface area contributed by atoms with Crippen molar-refractivity contribution in [1.82, 2.24) is 9.58 Å². The maximum atomic E-state index is 4.49. The molecule has 1 spiro atoms. The van der Waals surface area contributed by atoms with E-state index < -0.39 is 0 Å². The van der Waals surface area contributed by atoms with Crippen LogP contribution in [-0.4, -0.2) is 27.3 Å². The van der Waals surface area contributed by atoms with Crippen molar-refractivity contribution in [3.63, 3.8) is 0 Å². The van der Waals surface area contributed by atoms with Gasteiger partial charge in [0.1, 0.15) is 6.17 Å². The first-order chi connectivity index (χ1) is 20.2. The second-order valence-corrected chi connectivity index (χ2v) is 17.0. The molecule has 226 valence electrons. The fourth-order valence-electron chi connectivity index (χ4n) is 12.4. The highest BCUT2D eigenvalue weighted by molar-refractivity contribution is 6.08. The number of nitrogens with one attached hydrogen (secondary N) is 1. The molecule has 1 aliphatic heterocycles. The third kappa shape index (κ3) is 3.87. The number of aromatic nitrogens is 1. The van der Waals surface area contributed by atoms with Crippen LogP contribution in [0.4, 0.5) is 0 Å². The summed E-state index contributed by atoms with van der Waals surface area (Å²) in [5, 5.41) is 2.75. The standard InChI is InChI=1S/C39H55N3/c1-24(2)30-14-11-15-31(25(3)4)36(30)41-37(40-42-34-16-9-7-12-32(34)33-13-8-10-17-35(33)42)39(23-38(41,5)6)28-19-26-18-27(21-28)22-29(39)20-26/h7-10,12-13,16-17,24-31,36-37,40H,11,14-15,18-23H2,1-6H3. The molecule has 1 aromatic heterocycles. The van der Waals surface area contributed by atoms with Crippen LogP contribution in [0.5, 0.6) is 0 Å². The molecule has 3 heteroatoms. The van der Waals surface area contributed by atoms with Gasteiger partial charge in [0, 0.05) is 27.8 Å². The third-order valence-corrected chi connectivity index (χ3v) is 13.7. The van der Waals surface area contributed by atoms with Crippen molar-refractivity contribution in [2.45, 2.75) is 117 Å². The number of likely N-dealkylation sites (tertiary alicyclic amines) is 1. The molecule has 0 radical (unpaired) electrons. The normalized spacial score (nSPS) is 39.4. The minimum absolute atomic E-state index is 0.175. The Morgan fingerprint density at radius 2 is 1.21 bits per heavy atom. The van der Waals surface area contributed by atoms with E-state index in [1.807, 2.05) is 0 Å². The van der Waals surface area contributed by atoms with Gasteiger partial charge < -0.3 is 5.43 Å². The Bertz CT molecular complexity index is 1360. The molecule has 5 aliphatic carbocycles. The van der Waals surface area contributed by atoms with Gasteiger partial charge in [0.15, 0.2) is 0 Å². The summed E-state index contributed by atoms with van der Waals surface area (Å²) in [7, 11) is 0. The summed E-state index contributed by atoms with van der Waals surface area (Å²) in [5.74, 6) is 6.67. The van der Waals surface area contributed by atoms with Crippen LogP contribution in [0.15, 0.2) is 48.5 Å². The highest BCUT2D eigenvalue weighted by atomic mass is 15.5. The van der Waals surface area contributed by atoms with E-state index in [0.717, 1.165) is 47.3 Å². The Kier molecular flexibility index (Phi) is 6.39. The summed E-state index contributed by atoms with van der Waals surface area (Å²) >= 11 is 0. The average molecular weight is 566 g/mol. The maximum absolute atomic E-state index is 4.49. The SMILES string of the molecule is CC(C)C1CCCC(C(C)C)C1N1C(Nn2c3ccccc3c3ccccc32)C2(CC1(C)C)C1CC3CC(C1)CC2C3. The number of hydrogen-bond acceptors (Lipinski definition) is 2. The number of benzene rings is 2. The number of fused-ring (bicyclic) bond motifs is 3. The van der Waals surface area contributed by atoms with Crippen LogP contribution in [0.3, 0.4) is 0 Å². The minimum atomic E-state index is 0.175. The Morgan fingerprint density at radius 1 is 0.714 bits per heavy atom. The maximum Gasteiger partial charge on any atom is 0.101 e. The lowest BCUT2D eigenvalue weighted by Crippen LogP contribution is -2.65. The van der Waals surface area contributed by atoms with Crippen molar-refractivity contribution in [3.05, 3.63) is 48.5 Å². The van der Waals surface area contributed by atoms with Crippen molar-refractivity contribution in [2.24, 2.45) is 52.8 Å². The van der Waals surface area contributed by atoms with Crippen molar-refractivity contribution < 1.29 is 0 Å². The van der Waals surface area contributed by atoms with Gasteiger partial charge in [-0.25, -0.2) is 0 Å². The lowest BCUT2D eigenvalue weighted by Gasteiger charge is -2.63. The van der Waals surface area contributed by atoms with Crippen molar-refractivity contribution >= 4 is 21.8 Å². The van der Waals surface area contributed by atoms with Crippen LogP contribution >= 0.6 is 0 Å². The Hall–Kier alpha value is -2.00. The van der Waals surface area contributed by atoms with Gasteiger partial charge in [-0.05, 0) is 125 Å².